The lowest BCUT2D eigenvalue weighted by Gasteiger charge is -2.38. The molecule has 372 valence electrons. The Bertz CT molecular complexity index is 1200. The average molecular weight is 907 g/mol. The molecular formula is C53H94O11. The Kier molecular flexibility index (Phi) is 40.0. The van der Waals surface area contributed by atoms with Crippen molar-refractivity contribution in [1.29, 1.82) is 0 Å². The van der Waals surface area contributed by atoms with Crippen molar-refractivity contribution in [3.8, 4) is 0 Å². The highest BCUT2D eigenvalue weighted by Crippen LogP contribution is 2.23. The minimum absolute atomic E-state index is 0.183. The summed E-state index contributed by atoms with van der Waals surface area (Å²) in [5, 5.41) is 39.9. The summed E-state index contributed by atoms with van der Waals surface area (Å²) in [4.78, 5) is 37.0. The van der Waals surface area contributed by atoms with E-state index in [1.807, 2.05) is 0 Å². The third kappa shape index (κ3) is 33.8. The molecule has 1 aliphatic heterocycles. The van der Waals surface area contributed by atoms with Crippen LogP contribution in [0.15, 0.2) is 36.5 Å². The summed E-state index contributed by atoms with van der Waals surface area (Å²) in [5.41, 5.74) is 0. The molecule has 0 aromatic rings. The topological polar surface area (TPSA) is 169 Å². The van der Waals surface area contributed by atoms with E-state index in [1.54, 1.807) is 0 Å². The second-order valence-electron chi connectivity index (χ2n) is 18.0. The molecule has 6 atom stereocenters. The first-order valence-electron chi connectivity index (χ1n) is 26.0. The van der Waals surface area contributed by atoms with Gasteiger partial charge in [0.1, 0.15) is 24.9 Å². The summed E-state index contributed by atoms with van der Waals surface area (Å²) in [6, 6.07) is 0. The van der Waals surface area contributed by atoms with Crippen molar-refractivity contribution < 1.29 is 53.8 Å². The molecule has 0 aliphatic carbocycles. The standard InChI is InChI=1S/C53H94O11/c1-3-5-7-9-11-13-15-17-19-21-23-25-27-29-31-33-35-37-39-41-46(54)61-43-45(44-62-53-50(58)48(56)49(57)51(64-53)52(59)60)63-47(55)42-40-38-36-34-32-30-28-26-24-22-20-18-16-14-12-10-8-6-4-2/h11,13,17,19,23,25,45,48-51,53,56-58H,3-10,12,14-16,18,20-22,24,26-44H2,1-2H3,(H,59,60)/b13-11-,19-17-,25-23-. The summed E-state index contributed by atoms with van der Waals surface area (Å²) < 4.78 is 21.8. The maximum absolute atomic E-state index is 12.8. The molecule has 1 fully saturated rings. The Morgan fingerprint density at radius 3 is 1.34 bits per heavy atom. The smallest absolute Gasteiger partial charge is 0.335 e. The monoisotopic (exact) mass is 907 g/mol. The molecule has 1 aliphatic rings. The van der Waals surface area contributed by atoms with E-state index in [9.17, 15) is 34.8 Å². The van der Waals surface area contributed by atoms with Gasteiger partial charge in [-0.2, -0.15) is 0 Å². The number of aliphatic hydroxyl groups is 3. The van der Waals surface area contributed by atoms with Gasteiger partial charge in [-0.1, -0.05) is 204 Å². The van der Waals surface area contributed by atoms with E-state index < -0.39 is 61.3 Å². The van der Waals surface area contributed by atoms with Gasteiger partial charge < -0.3 is 39.4 Å². The first-order chi connectivity index (χ1) is 31.2. The zero-order valence-corrected chi connectivity index (χ0v) is 40.5. The van der Waals surface area contributed by atoms with E-state index in [4.69, 9.17) is 18.9 Å². The molecule has 1 heterocycles. The number of ether oxygens (including phenoxy) is 4. The molecule has 6 unspecified atom stereocenters. The fraction of sp³-hybridized carbons (Fsp3) is 0.830. The fourth-order valence-corrected chi connectivity index (χ4v) is 7.89. The third-order valence-electron chi connectivity index (χ3n) is 12.0. The quantitative estimate of drug-likeness (QED) is 0.0261. The van der Waals surface area contributed by atoms with Crippen molar-refractivity contribution in [3.05, 3.63) is 36.5 Å². The number of carboxylic acids is 1. The van der Waals surface area contributed by atoms with Gasteiger partial charge >= 0.3 is 17.9 Å². The molecule has 11 nitrogen and oxygen atoms in total. The van der Waals surface area contributed by atoms with Crippen LogP contribution in [0.2, 0.25) is 0 Å². The van der Waals surface area contributed by atoms with Gasteiger partial charge in [-0.3, -0.25) is 9.59 Å². The summed E-state index contributed by atoms with van der Waals surface area (Å²) >= 11 is 0. The highest BCUT2D eigenvalue weighted by Gasteiger charge is 2.47. The van der Waals surface area contributed by atoms with E-state index in [0.29, 0.717) is 12.8 Å². The number of carboxylic acid groups (broad SMARTS) is 1. The van der Waals surface area contributed by atoms with Gasteiger partial charge in [0.05, 0.1) is 6.61 Å². The largest absolute Gasteiger partial charge is 0.479 e. The second-order valence-corrected chi connectivity index (χ2v) is 18.0. The number of allylic oxidation sites excluding steroid dienone is 6. The predicted molar refractivity (Wildman–Crippen MR) is 257 cm³/mol. The van der Waals surface area contributed by atoms with Gasteiger partial charge in [0.15, 0.2) is 18.5 Å². The molecule has 0 saturated carbocycles. The van der Waals surface area contributed by atoms with Crippen LogP contribution in [0.1, 0.15) is 232 Å². The van der Waals surface area contributed by atoms with Crippen molar-refractivity contribution in [2.45, 2.75) is 269 Å². The van der Waals surface area contributed by atoms with E-state index in [0.717, 1.165) is 70.6 Å². The van der Waals surface area contributed by atoms with Gasteiger partial charge in [-0.25, -0.2) is 4.79 Å². The predicted octanol–water partition coefficient (Wildman–Crippen LogP) is 12.3. The average Bonchev–Trinajstić information content (AvgIpc) is 3.28. The molecule has 11 heteroatoms. The minimum atomic E-state index is -1.86. The molecule has 0 bridgehead atoms. The summed E-state index contributed by atoms with van der Waals surface area (Å²) in [6.07, 6.45) is 41.9. The molecule has 1 rings (SSSR count). The molecule has 0 radical (unpaired) electrons. The zero-order chi connectivity index (χ0) is 46.7. The molecule has 0 aromatic heterocycles. The third-order valence-corrected chi connectivity index (χ3v) is 12.0. The Morgan fingerprint density at radius 2 is 0.875 bits per heavy atom. The summed E-state index contributed by atoms with van der Waals surface area (Å²) in [5.74, 6) is -2.45. The van der Waals surface area contributed by atoms with Crippen LogP contribution in [-0.4, -0.2) is 88.4 Å². The van der Waals surface area contributed by atoms with Crippen LogP contribution in [0.5, 0.6) is 0 Å². The van der Waals surface area contributed by atoms with Crippen LogP contribution in [0.4, 0.5) is 0 Å². The molecular weight excluding hydrogens is 813 g/mol. The van der Waals surface area contributed by atoms with Crippen molar-refractivity contribution in [3.63, 3.8) is 0 Å². The summed E-state index contributed by atoms with van der Waals surface area (Å²) in [7, 11) is 0. The molecule has 0 aromatic carbocycles. The van der Waals surface area contributed by atoms with Crippen LogP contribution in [0.25, 0.3) is 0 Å². The number of carbonyl (C=O) groups is 3. The highest BCUT2D eigenvalue weighted by molar-refractivity contribution is 5.73. The number of carbonyl (C=O) groups excluding carboxylic acids is 2. The van der Waals surface area contributed by atoms with Crippen molar-refractivity contribution in [2.75, 3.05) is 13.2 Å². The van der Waals surface area contributed by atoms with Gasteiger partial charge in [0, 0.05) is 12.8 Å². The molecule has 0 amide bonds. The Morgan fingerprint density at radius 1 is 0.484 bits per heavy atom. The number of hydrogen-bond donors (Lipinski definition) is 4. The van der Waals surface area contributed by atoms with Crippen LogP contribution in [0.3, 0.4) is 0 Å². The maximum Gasteiger partial charge on any atom is 0.335 e. The molecule has 64 heavy (non-hydrogen) atoms. The number of aliphatic carboxylic acids is 1. The van der Waals surface area contributed by atoms with E-state index >= 15 is 0 Å². The van der Waals surface area contributed by atoms with Gasteiger partial charge in [0.25, 0.3) is 0 Å². The lowest BCUT2D eigenvalue weighted by atomic mass is 9.99. The van der Waals surface area contributed by atoms with E-state index in [-0.39, 0.29) is 19.4 Å². The maximum atomic E-state index is 12.8. The summed E-state index contributed by atoms with van der Waals surface area (Å²) in [6.45, 7) is 3.81. The number of esters is 2. The van der Waals surface area contributed by atoms with Crippen LogP contribution < -0.4 is 0 Å². The van der Waals surface area contributed by atoms with Crippen LogP contribution in [0, 0.1) is 0 Å². The molecule has 4 N–H and O–H groups in total. The Balaban J connectivity index is 2.30. The van der Waals surface area contributed by atoms with Gasteiger partial charge in [-0.05, 0) is 51.4 Å². The second kappa shape index (κ2) is 43.0. The molecule has 0 spiro atoms. The normalized spacial score (nSPS) is 19.5. The fourth-order valence-electron chi connectivity index (χ4n) is 7.89. The van der Waals surface area contributed by atoms with Gasteiger partial charge in [-0.15, -0.1) is 0 Å². The number of rotatable bonds is 44. The van der Waals surface area contributed by atoms with Crippen molar-refractivity contribution in [2.24, 2.45) is 0 Å². The number of unbranched alkanes of at least 4 members (excludes halogenated alkanes) is 27. The number of hydrogen-bond acceptors (Lipinski definition) is 10. The lowest BCUT2D eigenvalue weighted by Crippen LogP contribution is -2.60. The van der Waals surface area contributed by atoms with Crippen LogP contribution in [-0.2, 0) is 33.3 Å². The lowest BCUT2D eigenvalue weighted by molar-refractivity contribution is -0.298. The molecule has 1 saturated heterocycles. The van der Waals surface area contributed by atoms with E-state index in [1.165, 1.54) is 122 Å². The van der Waals surface area contributed by atoms with E-state index in [2.05, 4.69) is 50.3 Å². The van der Waals surface area contributed by atoms with Crippen LogP contribution >= 0.6 is 0 Å². The first kappa shape index (κ1) is 59.4. The SMILES string of the molecule is CCCCC/C=C\C/C=C\C/C=C\CCCCCCCCC(=O)OCC(COC1OC(C(=O)O)C(O)C(O)C1O)OC(=O)CCCCCCCCCCCCCCCCCCCCC. The van der Waals surface area contributed by atoms with Crippen molar-refractivity contribution in [1.82, 2.24) is 0 Å². The first-order valence-corrected chi connectivity index (χ1v) is 26.0. The minimum Gasteiger partial charge on any atom is -0.479 e. The number of aliphatic hydroxyl groups excluding tert-OH is 3. The van der Waals surface area contributed by atoms with Gasteiger partial charge in [0.2, 0.25) is 0 Å². The highest BCUT2D eigenvalue weighted by atomic mass is 16.7. The zero-order valence-electron chi connectivity index (χ0n) is 40.5. The Hall–Kier alpha value is -2.57. The Labute approximate surface area is 389 Å². The van der Waals surface area contributed by atoms with Crippen molar-refractivity contribution >= 4 is 17.9 Å².